The van der Waals surface area contributed by atoms with Gasteiger partial charge in [0.05, 0.1) is 28.0 Å². The van der Waals surface area contributed by atoms with E-state index in [-0.39, 0.29) is 5.91 Å². The van der Waals surface area contributed by atoms with Gasteiger partial charge in [0.2, 0.25) is 0 Å². The van der Waals surface area contributed by atoms with Crippen LogP contribution in [0.3, 0.4) is 0 Å². The molecule has 188 valence electrons. The van der Waals surface area contributed by atoms with Crippen molar-refractivity contribution in [3.63, 3.8) is 0 Å². The summed E-state index contributed by atoms with van der Waals surface area (Å²) in [5.41, 5.74) is 7.80. The lowest BCUT2D eigenvalue weighted by atomic mass is 10.0. The molecule has 1 atom stereocenters. The first kappa shape index (κ1) is 23.7. The maximum absolute atomic E-state index is 13.8. The number of ether oxygens (including phenoxy) is 1. The van der Waals surface area contributed by atoms with Crippen LogP contribution in [0.2, 0.25) is 0 Å². The van der Waals surface area contributed by atoms with E-state index in [0.29, 0.717) is 5.56 Å². The van der Waals surface area contributed by atoms with E-state index in [0.717, 1.165) is 57.8 Å². The number of hydrogen-bond donors (Lipinski definition) is 1. The molecule has 4 aromatic carbocycles. The van der Waals surface area contributed by atoms with Crippen molar-refractivity contribution in [3.8, 4) is 11.4 Å². The molecule has 2 heterocycles. The summed E-state index contributed by atoms with van der Waals surface area (Å²) in [5.74, 6) is -0.118. The van der Waals surface area contributed by atoms with Gasteiger partial charge in [0.25, 0.3) is 5.91 Å². The molecular weight excluding hydrogens is 474 g/mol. The Kier molecular flexibility index (Phi) is 6.00. The Morgan fingerprint density at radius 1 is 0.868 bits per heavy atom. The number of carbonyl (C=O) groups is 2. The second kappa shape index (κ2) is 9.63. The summed E-state index contributed by atoms with van der Waals surface area (Å²) in [6.45, 7) is 3.66. The van der Waals surface area contributed by atoms with Gasteiger partial charge in [0, 0.05) is 5.56 Å². The predicted octanol–water partition coefficient (Wildman–Crippen LogP) is 6.55. The van der Waals surface area contributed by atoms with E-state index >= 15 is 0 Å². The van der Waals surface area contributed by atoms with E-state index in [4.69, 9.17) is 4.74 Å². The van der Waals surface area contributed by atoms with Crippen molar-refractivity contribution in [1.29, 1.82) is 0 Å². The normalized spacial score (nSPS) is 13.4. The van der Waals surface area contributed by atoms with Crippen LogP contribution in [0.25, 0.3) is 22.4 Å². The summed E-state index contributed by atoms with van der Waals surface area (Å²) in [5, 5.41) is 0. The van der Waals surface area contributed by atoms with Gasteiger partial charge in [-0.3, -0.25) is 9.69 Å². The third kappa shape index (κ3) is 4.34. The van der Waals surface area contributed by atoms with Gasteiger partial charge >= 0.3 is 5.97 Å². The number of rotatable bonds is 4. The quantitative estimate of drug-likeness (QED) is 0.284. The molecule has 0 saturated heterocycles. The lowest BCUT2D eigenvalue weighted by Gasteiger charge is -2.27. The number of fused-ring (bicyclic) bond motifs is 3. The summed E-state index contributed by atoms with van der Waals surface area (Å²) < 4.78 is 5.71. The van der Waals surface area contributed by atoms with Gasteiger partial charge in [-0.1, -0.05) is 66.2 Å². The largest absolute Gasteiger partial charge is 0.449 e. The predicted molar refractivity (Wildman–Crippen MR) is 149 cm³/mol. The van der Waals surface area contributed by atoms with Gasteiger partial charge in [0.15, 0.2) is 6.10 Å². The van der Waals surface area contributed by atoms with E-state index in [1.165, 1.54) is 5.56 Å². The summed E-state index contributed by atoms with van der Waals surface area (Å²) in [6.07, 6.45) is 0.682. The minimum atomic E-state index is -0.984. The molecule has 38 heavy (non-hydrogen) atoms. The van der Waals surface area contributed by atoms with Crippen LogP contribution in [0, 0.1) is 6.92 Å². The molecule has 0 fully saturated rings. The van der Waals surface area contributed by atoms with Gasteiger partial charge in [-0.2, -0.15) is 0 Å². The molecule has 1 N–H and O–H groups in total. The number of hydrogen-bond acceptors (Lipinski definition) is 4. The SMILES string of the molecule is Cc1ccc(-c2nc3ccc(C(=O)OC(C)C(=O)N4c5ccccc5CCc5ccccc54)cc3[nH]2)cc1. The molecule has 1 aliphatic rings. The van der Waals surface area contributed by atoms with Crippen molar-refractivity contribution in [2.75, 3.05) is 4.90 Å². The summed E-state index contributed by atoms with van der Waals surface area (Å²) >= 11 is 0. The highest BCUT2D eigenvalue weighted by Crippen LogP contribution is 2.36. The van der Waals surface area contributed by atoms with E-state index in [1.54, 1.807) is 30.0 Å². The molecule has 0 aliphatic carbocycles. The Labute approximate surface area is 220 Å². The topological polar surface area (TPSA) is 75.3 Å². The first-order chi connectivity index (χ1) is 18.5. The smallest absolute Gasteiger partial charge is 0.338 e. The molecule has 6 rings (SSSR count). The molecule has 1 unspecified atom stereocenters. The summed E-state index contributed by atoms with van der Waals surface area (Å²) in [7, 11) is 0. The van der Waals surface area contributed by atoms with Gasteiger partial charge in [-0.25, -0.2) is 9.78 Å². The lowest BCUT2D eigenvalue weighted by Crippen LogP contribution is -2.37. The van der Waals surface area contributed by atoms with E-state index in [9.17, 15) is 9.59 Å². The Morgan fingerprint density at radius 2 is 1.50 bits per heavy atom. The first-order valence-corrected chi connectivity index (χ1v) is 12.8. The number of aryl methyl sites for hydroxylation is 3. The van der Waals surface area contributed by atoms with Crippen molar-refractivity contribution in [2.24, 2.45) is 0 Å². The fourth-order valence-corrected chi connectivity index (χ4v) is 4.96. The molecule has 0 radical (unpaired) electrons. The van der Waals surface area contributed by atoms with Crippen molar-refractivity contribution in [1.82, 2.24) is 9.97 Å². The van der Waals surface area contributed by atoms with Crippen LogP contribution in [-0.4, -0.2) is 27.9 Å². The van der Waals surface area contributed by atoms with Gasteiger partial charge in [-0.05, 0) is 68.1 Å². The number of nitrogens with zero attached hydrogens (tertiary/aromatic N) is 2. The Balaban J connectivity index is 1.26. The van der Waals surface area contributed by atoms with E-state index < -0.39 is 12.1 Å². The molecule has 0 bridgehead atoms. The van der Waals surface area contributed by atoms with Crippen molar-refractivity contribution in [2.45, 2.75) is 32.8 Å². The molecule has 0 saturated carbocycles. The van der Waals surface area contributed by atoms with Crippen LogP contribution in [0.4, 0.5) is 11.4 Å². The number of benzene rings is 4. The zero-order chi connectivity index (χ0) is 26.2. The zero-order valence-corrected chi connectivity index (χ0v) is 21.3. The molecule has 1 amide bonds. The standard InChI is InChI=1S/C32H27N3O3/c1-20-11-13-24(14-12-20)30-33-26-18-17-25(19-27(26)34-30)32(37)38-21(2)31(36)35-28-9-5-3-7-22(28)15-16-23-8-4-6-10-29(23)35/h3-14,17-19,21H,15-16H2,1-2H3,(H,33,34). The average Bonchev–Trinajstić information content (AvgIpc) is 3.29. The molecule has 1 aromatic heterocycles. The highest BCUT2D eigenvalue weighted by atomic mass is 16.5. The van der Waals surface area contributed by atoms with Crippen LogP contribution in [0.5, 0.6) is 0 Å². The highest BCUT2D eigenvalue weighted by molar-refractivity contribution is 6.06. The minimum absolute atomic E-state index is 0.288. The number of amides is 1. The van der Waals surface area contributed by atoms with Crippen molar-refractivity contribution >= 4 is 34.3 Å². The molecule has 5 aromatic rings. The van der Waals surface area contributed by atoms with Crippen molar-refractivity contribution < 1.29 is 14.3 Å². The lowest BCUT2D eigenvalue weighted by molar-refractivity contribution is -0.125. The maximum atomic E-state index is 13.8. The van der Waals surface area contributed by atoms with E-state index in [2.05, 4.69) is 9.97 Å². The third-order valence-electron chi connectivity index (χ3n) is 7.02. The number of anilines is 2. The Morgan fingerprint density at radius 3 is 2.16 bits per heavy atom. The number of carbonyl (C=O) groups excluding carboxylic acids is 2. The summed E-state index contributed by atoms with van der Waals surface area (Å²) in [6, 6.07) is 29.1. The monoisotopic (exact) mass is 501 g/mol. The first-order valence-electron chi connectivity index (χ1n) is 12.8. The second-order valence-corrected chi connectivity index (χ2v) is 9.66. The number of esters is 1. The zero-order valence-electron chi connectivity index (χ0n) is 21.3. The highest BCUT2D eigenvalue weighted by Gasteiger charge is 2.31. The molecule has 0 spiro atoms. The van der Waals surface area contributed by atoms with Crippen LogP contribution < -0.4 is 4.90 Å². The molecule has 6 nitrogen and oxygen atoms in total. The molecule has 1 aliphatic heterocycles. The van der Waals surface area contributed by atoms with Gasteiger partial charge < -0.3 is 9.72 Å². The molecule has 6 heteroatoms. The second-order valence-electron chi connectivity index (χ2n) is 9.66. The maximum Gasteiger partial charge on any atom is 0.338 e. The average molecular weight is 502 g/mol. The molecular formula is C32H27N3O3. The van der Waals surface area contributed by atoms with Crippen molar-refractivity contribution in [3.05, 3.63) is 113 Å². The van der Waals surface area contributed by atoms with E-state index in [1.807, 2.05) is 79.7 Å². The Hall–Kier alpha value is -4.71. The number of aromatic amines is 1. The van der Waals surface area contributed by atoms with Crippen LogP contribution >= 0.6 is 0 Å². The number of nitrogens with one attached hydrogen (secondary N) is 1. The van der Waals surface area contributed by atoms with Gasteiger partial charge in [0.1, 0.15) is 5.82 Å². The fraction of sp³-hybridized carbons (Fsp3) is 0.156. The van der Waals surface area contributed by atoms with Gasteiger partial charge in [-0.15, -0.1) is 0 Å². The fourth-order valence-electron chi connectivity index (χ4n) is 4.96. The number of para-hydroxylation sites is 2. The number of imidazole rings is 1. The van der Waals surface area contributed by atoms with Crippen LogP contribution in [0.15, 0.2) is 91.0 Å². The number of aromatic nitrogens is 2. The van der Waals surface area contributed by atoms with Crippen LogP contribution in [-0.2, 0) is 22.4 Å². The number of H-pyrrole nitrogens is 1. The third-order valence-corrected chi connectivity index (χ3v) is 7.02. The Bertz CT molecular complexity index is 1620. The van der Waals surface area contributed by atoms with Crippen LogP contribution in [0.1, 0.15) is 34.0 Å². The summed E-state index contributed by atoms with van der Waals surface area (Å²) in [4.78, 5) is 36.5. The minimum Gasteiger partial charge on any atom is -0.449 e.